The molecule has 0 fully saturated rings. The summed E-state index contributed by atoms with van der Waals surface area (Å²) in [5.74, 6) is 0. The Labute approximate surface area is 92.9 Å². The van der Waals surface area contributed by atoms with Crippen molar-refractivity contribution in [3.63, 3.8) is 0 Å². The fourth-order valence-corrected chi connectivity index (χ4v) is 2.40. The molecule has 1 nitrogen and oxygen atoms in total. The molecule has 1 unspecified atom stereocenters. The molecular formula is C14H21N. The van der Waals surface area contributed by atoms with E-state index >= 15 is 0 Å². The van der Waals surface area contributed by atoms with Crippen LogP contribution in [0.15, 0.2) is 18.2 Å². The van der Waals surface area contributed by atoms with E-state index in [0.29, 0.717) is 6.04 Å². The topological polar surface area (TPSA) is 12.0 Å². The number of fused-ring (bicyclic) bond motifs is 1. The van der Waals surface area contributed by atoms with E-state index < -0.39 is 0 Å². The van der Waals surface area contributed by atoms with Crippen LogP contribution in [0.4, 0.5) is 0 Å². The third-order valence-corrected chi connectivity index (χ3v) is 3.34. The van der Waals surface area contributed by atoms with E-state index in [1.54, 1.807) is 11.1 Å². The molecule has 15 heavy (non-hydrogen) atoms. The summed E-state index contributed by atoms with van der Waals surface area (Å²) < 4.78 is 0. The second-order valence-corrected chi connectivity index (χ2v) is 4.43. The van der Waals surface area contributed by atoms with Crippen LogP contribution < -0.4 is 5.32 Å². The molecule has 2 rings (SSSR count). The molecule has 0 aromatic heterocycles. The summed E-state index contributed by atoms with van der Waals surface area (Å²) in [6.45, 7) is 5.59. The third kappa shape index (κ3) is 2.23. The minimum Gasteiger partial charge on any atom is -0.310 e. The van der Waals surface area contributed by atoms with Gasteiger partial charge in [-0.25, -0.2) is 0 Å². The van der Waals surface area contributed by atoms with Gasteiger partial charge in [0.05, 0.1) is 0 Å². The standard InChI is InChI=1S/C14H21N/c1-3-9-15-14-8-7-12-6-5-11(4-2)10-13(12)14/h5-6,10,14-15H,3-4,7-9H2,1-2H3. The van der Waals surface area contributed by atoms with Gasteiger partial charge < -0.3 is 5.32 Å². The molecule has 1 heteroatoms. The number of aryl methyl sites for hydroxylation is 2. The van der Waals surface area contributed by atoms with Gasteiger partial charge in [0.25, 0.3) is 0 Å². The molecule has 1 atom stereocenters. The number of nitrogens with one attached hydrogen (secondary N) is 1. The summed E-state index contributed by atoms with van der Waals surface area (Å²) in [6.07, 6.45) is 4.90. The maximum atomic E-state index is 3.64. The Hall–Kier alpha value is -0.820. The summed E-state index contributed by atoms with van der Waals surface area (Å²) in [6, 6.07) is 7.62. The van der Waals surface area contributed by atoms with E-state index in [1.165, 1.54) is 24.8 Å². The van der Waals surface area contributed by atoms with Gasteiger partial charge in [-0.05, 0) is 48.9 Å². The van der Waals surface area contributed by atoms with Gasteiger partial charge >= 0.3 is 0 Å². The zero-order valence-corrected chi connectivity index (χ0v) is 9.84. The van der Waals surface area contributed by atoms with E-state index in [1.807, 2.05) is 0 Å². The number of benzene rings is 1. The van der Waals surface area contributed by atoms with Gasteiger partial charge in [0.2, 0.25) is 0 Å². The second kappa shape index (κ2) is 4.80. The maximum Gasteiger partial charge on any atom is 0.0326 e. The predicted octanol–water partition coefficient (Wildman–Crippen LogP) is 3.24. The highest BCUT2D eigenvalue weighted by atomic mass is 14.9. The van der Waals surface area contributed by atoms with Crippen LogP contribution in [0.5, 0.6) is 0 Å². The Kier molecular flexibility index (Phi) is 3.42. The Balaban J connectivity index is 2.16. The van der Waals surface area contributed by atoms with Gasteiger partial charge in [-0.15, -0.1) is 0 Å². The van der Waals surface area contributed by atoms with Gasteiger partial charge in [0.1, 0.15) is 0 Å². The van der Waals surface area contributed by atoms with E-state index in [4.69, 9.17) is 0 Å². The van der Waals surface area contributed by atoms with Crippen LogP contribution in [-0.2, 0) is 12.8 Å². The van der Waals surface area contributed by atoms with Crippen LogP contribution in [0.25, 0.3) is 0 Å². The highest BCUT2D eigenvalue weighted by Gasteiger charge is 2.21. The highest BCUT2D eigenvalue weighted by molar-refractivity contribution is 5.38. The zero-order chi connectivity index (χ0) is 10.7. The van der Waals surface area contributed by atoms with Crippen molar-refractivity contribution in [2.24, 2.45) is 0 Å². The Bertz CT molecular complexity index is 330. The first kappa shape index (κ1) is 10.7. The average Bonchev–Trinajstić information content (AvgIpc) is 2.68. The van der Waals surface area contributed by atoms with Crippen molar-refractivity contribution in [3.05, 3.63) is 34.9 Å². The normalized spacial score (nSPS) is 19.2. The molecule has 1 N–H and O–H groups in total. The molecule has 0 saturated heterocycles. The van der Waals surface area contributed by atoms with Crippen molar-refractivity contribution in [2.75, 3.05) is 6.54 Å². The summed E-state index contributed by atoms with van der Waals surface area (Å²) >= 11 is 0. The number of hydrogen-bond acceptors (Lipinski definition) is 1. The molecule has 0 bridgehead atoms. The zero-order valence-electron chi connectivity index (χ0n) is 9.84. The first-order valence-corrected chi connectivity index (χ1v) is 6.20. The molecule has 1 aromatic carbocycles. The minimum absolute atomic E-state index is 0.617. The maximum absolute atomic E-state index is 3.64. The Morgan fingerprint density at radius 1 is 1.33 bits per heavy atom. The molecular weight excluding hydrogens is 182 g/mol. The summed E-state index contributed by atoms with van der Waals surface area (Å²) in [4.78, 5) is 0. The van der Waals surface area contributed by atoms with Crippen LogP contribution in [0.3, 0.4) is 0 Å². The quantitative estimate of drug-likeness (QED) is 0.792. The first-order valence-electron chi connectivity index (χ1n) is 6.20. The van der Waals surface area contributed by atoms with Crippen molar-refractivity contribution >= 4 is 0 Å². The molecule has 0 spiro atoms. The minimum atomic E-state index is 0.617. The predicted molar refractivity (Wildman–Crippen MR) is 65.2 cm³/mol. The summed E-state index contributed by atoms with van der Waals surface area (Å²) in [5.41, 5.74) is 4.59. The number of hydrogen-bond donors (Lipinski definition) is 1. The van der Waals surface area contributed by atoms with Crippen molar-refractivity contribution in [1.82, 2.24) is 5.32 Å². The molecule has 82 valence electrons. The van der Waals surface area contributed by atoms with E-state index in [-0.39, 0.29) is 0 Å². The highest BCUT2D eigenvalue weighted by Crippen LogP contribution is 2.31. The van der Waals surface area contributed by atoms with Crippen molar-refractivity contribution in [2.45, 2.75) is 45.6 Å². The van der Waals surface area contributed by atoms with Crippen LogP contribution in [0.1, 0.15) is 49.4 Å². The first-order chi connectivity index (χ1) is 7.35. The number of rotatable bonds is 4. The smallest absolute Gasteiger partial charge is 0.0326 e. The van der Waals surface area contributed by atoms with Crippen molar-refractivity contribution < 1.29 is 0 Å². The fraction of sp³-hybridized carbons (Fsp3) is 0.571. The molecule has 0 amide bonds. The lowest BCUT2D eigenvalue weighted by atomic mass is 10.0. The molecule has 1 aromatic rings. The van der Waals surface area contributed by atoms with Crippen molar-refractivity contribution in [1.29, 1.82) is 0 Å². The van der Waals surface area contributed by atoms with Crippen LogP contribution in [-0.4, -0.2) is 6.54 Å². The third-order valence-electron chi connectivity index (χ3n) is 3.34. The van der Waals surface area contributed by atoms with Crippen LogP contribution in [0, 0.1) is 0 Å². The lowest BCUT2D eigenvalue weighted by Gasteiger charge is -2.14. The van der Waals surface area contributed by atoms with Crippen LogP contribution >= 0.6 is 0 Å². The molecule has 0 aliphatic heterocycles. The monoisotopic (exact) mass is 203 g/mol. The molecule has 1 aliphatic rings. The SMILES string of the molecule is CCCNC1CCc2ccc(CC)cc21. The molecule has 1 aliphatic carbocycles. The van der Waals surface area contributed by atoms with E-state index in [2.05, 4.69) is 37.4 Å². The summed E-state index contributed by atoms with van der Waals surface area (Å²) in [5, 5.41) is 3.64. The van der Waals surface area contributed by atoms with Gasteiger partial charge in [-0.3, -0.25) is 0 Å². The molecule has 0 saturated carbocycles. The van der Waals surface area contributed by atoms with Gasteiger partial charge in [-0.1, -0.05) is 32.0 Å². The van der Waals surface area contributed by atoms with Gasteiger partial charge in [-0.2, -0.15) is 0 Å². The Morgan fingerprint density at radius 2 is 2.20 bits per heavy atom. The largest absolute Gasteiger partial charge is 0.310 e. The molecule has 0 heterocycles. The van der Waals surface area contributed by atoms with Crippen molar-refractivity contribution in [3.8, 4) is 0 Å². The lowest BCUT2D eigenvalue weighted by Crippen LogP contribution is -2.19. The lowest BCUT2D eigenvalue weighted by molar-refractivity contribution is 0.529. The second-order valence-electron chi connectivity index (χ2n) is 4.43. The fourth-order valence-electron chi connectivity index (χ4n) is 2.40. The average molecular weight is 203 g/mol. The summed E-state index contributed by atoms with van der Waals surface area (Å²) in [7, 11) is 0. The van der Waals surface area contributed by atoms with Gasteiger partial charge in [0, 0.05) is 6.04 Å². The van der Waals surface area contributed by atoms with Gasteiger partial charge in [0.15, 0.2) is 0 Å². The molecule has 0 radical (unpaired) electrons. The van der Waals surface area contributed by atoms with E-state index in [9.17, 15) is 0 Å². The Morgan fingerprint density at radius 3 is 2.93 bits per heavy atom. The van der Waals surface area contributed by atoms with Crippen LogP contribution in [0.2, 0.25) is 0 Å². The van der Waals surface area contributed by atoms with E-state index in [0.717, 1.165) is 13.0 Å².